The van der Waals surface area contributed by atoms with Crippen molar-refractivity contribution in [1.29, 1.82) is 0 Å². The number of rotatable bonds is 6. The van der Waals surface area contributed by atoms with Crippen molar-refractivity contribution in [2.75, 3.05) is 13.1 Å². The molecule has 1 aromatic rings. The number of carbonyl (C=O) groups excluding carboxylic acids is 2. The minimum absolute atomic E-state index is 0.0428. The van der Waals surface area contributed by atoms with Crippen LogP contribution in [0.5, 0.6) is 5.75 Å². The molecule has 2 N–H and O–H groups in total. The summed E-state index contributed by atoms with van der Waals surface area (Å²) in [6, 6.07) is 6.77. The normalized spacial score (nSPS) is 10.4. The molecule has 0 radical (unpaired) electrons. The Balaban J connectivity index is 2.64. The Morgan fingerprint density at radius 3 is 2.50 bits per heavy atom. The first-order valence-electron chi connectivity index (χ1n) is 6.78. The molecule has 0 aliphatic rings. The standard InChI is InChI=1S/C15H22N2O3/c1-4-17(10-14(19)16-11(2)3)15(20)9-12-7-5-6-8-13(12)18/h5-8,11,18H,4,9-10H2,1-3H3,(H,16,19). The second-order valence-corrected chi connectivity index (χ2v) is 4.94. The van der Waals surface area contributed by atoms with E-state index < -0.39 is 0 Å². The van der Waals surface area contributed by atoms with Gasteiger partial charge in [-0.25, -0.2) is 0 Å². The van der Waals surface area contributed by atoms with Crippen molar-refractivity contribution in [2.24, 2.45) is 0 Å². The summed E-state index contributed by atoms with van der Waals surface area (Å²) >= 11 is 0. The highest BCUT2D eigenvalue weighted by molar-refractivity contribution is 5.86. The number of likely N-dealkylation sites (N-methyl/N-ethyl adjacent to an activating group) is 1. The Labute approximate surface area is 119 Å². The Hall–Kier alpha value is -2.04. The maximum atomic E-state index is 12.2. The molecule has 0 heterocycles. The molecule has 0 unspecified atom stereocenters. The Morgan fingerprint density at radius 1 is 1.30 bits per heavy atom. The minimum Gasteiger partial charge on any atom is -0.508 e. The van der Waals surface area contributed by atoms with Gasteiger partial charge < -0.3 is 15.3 Å². The zero-order chi connectivity index (χ0) is 15.1. The van der Waals surface area contributed by atoms with Crippen molar-refractivity contribution in [1.82, 2.24) is 10.2 Å². The second kappa shape index (κ2) is 7.53. The van der Waals surface area contributed by atoms with Gasteiger partial charge >= 0.3 is 0 Å². The molecule has 1 aromatic carbocycles. The number of para-hydroxylation sites is 1. The van der Waals surface area contributed by atoms with Gasteiger partial charge in [0, 0.05) is 18.2 Å². The highest BCUT2D eigenvalue weighted by Gasteiger charge is 2.17. The molecule has 20 heavy (non-hydrogen) atoms. The molecule has 0 bridgehead atoms. The Kier molecular flexibility index (Phi) is 6.03. The van der Waals surface area contributed by atoms with Crippen molar-refractivity contribution in [3.8, 4) is 5.75 Å². The van der Waals surface area contributed by atoms with E-state index in [0.29, 0.717) is 12.1 Å². The Morgan fingerprint density at radius 2 is 1.95 bits per heavy atom. The first kappa shape index (κ1) is 16.0. The topological polar surface area (TPSA) is 69.6 Å². The molecule has 0 aliphatic heterocycles. The van der Waals surface area contributed by atoms with E-state index in [2.05, 4.69) is 5.32 Å². The van der Waals surface area contributed by atoms with Crippen LogP contribution in [-0.4, -0.2) is 41.0 Å². The first-order chi connectivity index (χ1) is 9.43. The van der Waals surface area contributed by atoms with E-state index in [1.807, 2.05) is 20.8 Å². The highest BCUT2D eigenvalue weighted by atomic mass is 16.3. The maximum Gasteiger partial charge on any atom is 0.239 e. The molecular formula is C15H22N2O3. The summed E-state index contributed by atoms with van der Waals surface area (Å²) < 4.78 is 0. The summed E-state index contributed by atoms with van der Waals surface area (Å²) in [5.74, 6) is -0.246. The van der Waals surface area contributed by atoms with E-state index >= 15 is 0 Å². The number of phenolic OH excluding ortho intramolecular Hbond substituents is 1. The molecular weight excluding hydrogens is 256 g/mol. The molecule has 5 nitrogen and oxygen atoms in total. The molecule has 5 heteroatoms. The van der Waals surface area contributed by atoms with Crippen molar-refractivity contribution >= 4 is 11.8 Å². The average Bonchev–Trinajstić information content (AvgIpc) is 2.37. The van der Waals surface area contributed by atoms with Gasteiger partial charge in [0.05, 0.1) is 13.0 Å². The lowest BCUT2D eigenvalue weighted by Crippen LogP contribution is -2.43. The summed E-state index contributed by atoms with van der Waals surface area (Å²) in [4.78, 5) is 25.3. The van der Waals surface area contributed by atoms with Crippen LogP contribution < -0.4 is 5.32 Å². The number of aromatic hydroxyl groups is 1. The van der Waals surface area contributed by atoms with Gasteiger partial charge in [-0.1, -0.05) is 18.2 Å². The molecule has 0 spiro atoms. The van der Waals surface area contributed by atoms with E-state index in [1.165, 1.54) is 4.90 Å². The molecule has 1 rings (SSSR count). The molecule has 0 saturated carbocycles. The third-order valence-corrected chi connectivity index (χ3v) is 2.85. The van der Waals surface area contributed by atoms with Gasteiger partial charge in [0.25, 0.3) is 0 Å². The van der Waals surface area contributed by atoms with Gasteiger partial charge in [-0.15, -0.1) is 0 Å². The van der Waals surface area contributed by atoms with Crippen LogP contribution in [0.3, 0.4) is 0 Å². The van der Waals surface area contributed by atoms with E-state index in [1.54, 1.807) is 24.3 Å². The maximum absolute atomic E-state index is 12.2. The first-order valence-corrected chi connectivity index (χ1v) is 6.78. The summed E-state index contributed by atoms with van der Waals surface area (Å²) in [5, 5.41) is 12.4. The molecule has 110 valence electrons. The SMILES string of the molecule is CCN(CC(=O)NC(C)C)C(=O)Cc1ccccc1O. The predicted octanol–water partition coefficient (Wildman–Crippen LogP) is 1.31. The number of nitrogens with zero attached hydrogens (tertiary/aromatic N) is 1. The lowest BCUT2D eigenvalue weighted by Gasteiger charge is -2.21. The van der Waals surface area contributed by atoms with Crippen molar-refractivity contribution in [3.63, 3.8) is 0 Å². The molecule has 0 fully saturated rings. The number of phenols is 1. The van der Waals surface area contributed by atoms with E-state index in [4.69, 9.17) is 0 Å². The third-order valence-electron chi connectivity index (χ3n) is 2.85. The van der Waals surface area contributed by atoms with Crippen LogP contribution in [0.15, 0.2) is 24.3 Å². The quantitative estimate of drug-likeness (QED) is 0.824. The van der Waals surface area contributed by atoms with Crippen molar-refractivity contribution < 1.29 is 14.7 Å². The largest absolute Gasteiger partial charge is 0.508 e. The van der Waals surface area contributed by atoms with E-state index in [9.17, 15) is 14.7 Å². The molecule has 0 atom stereocenters. The average molecular weight is 278 g/mol. The van der Waals surface area contributed by atoms with Gasteiger partial charge in [0.1, 0.15) is 5.75 Å². The molecule has 2 amide bonds. The monoisotopic (exact) mass is 278 g/mol. The van der Waals surface area contributed by atoms with Crippen molar-refractivity contribution in [2.45, 2.75) is 33.2 Å². The number of amides is 2. The second-order valence-electron chi connectivity index (χ2n) is 4.94. The number of hydrogen-bond donors (Lipinski definition) is 2. The smallest absolute Gasteiger partial charge is 0.239 e. The van der Waals surface area contributed by atoms with E-state index in [-0.39, 0.29) is 36.6 Å². The molecule has 0 aromatic heterocycles. The fourth-order valence-electron chi connectivity index (χ4n) is 1.85. The van der Waals surface area contributed by atoms with Crippen LogP contribution in [0.1, 0.15) is 26.3 Å². The number of carbonyl (C=O) groups is 2. The fourth-order valence-corrected chi connectivity index (χ4v) is 1.85. The van der Waals surface area contributed by atoms with Crippen LogP contribution in [0.25, 0.3) is 0 Å². The predicted molar refractivity (Wildman–Crippen MR) is 77.3 cm³/mol. The summed E-state index contributed by atoms with van der Waals surface area (Å²) in [5.41, 5.74) is 0.570. The lowest BCUT2D eigenvalue weighted by molar-refractivity contribution is -0.135. The molecule has 0 aliphatic carbocycles. The van der Waals surface area contributed by atoms with E-state index in [0.717, 1.165) is 0 Å². The lowest BCUT2D eigenvalue weighted by atomic mass is 10.1. The van der Waals surface area contributed by atoms with Gasteiger partial charge in [-0.3, -0.25) is 9.59 Å². The van der Waals surface area contributed by atoms with Crippen LogP contribution in [0.2, 0.25) is 0 Å². The van der Waals surface area contributed by atoms with Crippen LogP contribution in [0.4, 0.5) is 0 Å². The van der Waals surface area contributed by atoms with Crippen molar-refractivity contribution in [3.05, 3.63) is 29.8 Å². The van der Waals surface area contributed by atoms with Gasteiger partial charge in [0.15, 0.2) is 0 Å². The number of nitrogens with one attached hydrogen (secondary N) is 1. The number of hydrogen-bond acceptors (Lipinski definition) is 3. The number of benzene rings is 1. The fraction of sp³-hybridized carbons (Fsp3) is 0.467. The Bertz CT molecular complexity index is 472. The van der Waals surface area contributed by atoms with Crippen LogP contribution in [-0.2, 0) is 16.0 Å². The van der Waals surface area contributed by atoms with Crippen LogP contribution in [0, 0.1) is 0 Å². The molecule has 0 saturated heterocycles. The summed E-state index contributed by atoms with van der Waals surface area (Å²) in [7, 11) is 0. The zero-order valence-corrected chi connectivity index (χ0v) is 12.2. The highest BCUT2D eigenvalue weighted by Crippen LogP contribution is 2.16. The summed E-state index contributed by atoms with van der Waals surface area (Å²) in [6.45, 7) is 6.07. The zero-order valence-electron chi connectivity index (χ0n) is 12.2. The van der Waals surface area contributed by atoms with Crippen LogP contribution >= 0.6 is 0 Å². The summed E-state index contributed by atoms with van der Waals surface area (Å²) in [6.07, 6.45) is 0.0927. The van der Waals surface area contributed by atoms with Gasteiger partial charge in [-0.2, -0.15) is 0 Å². The third kappa shape index (κ3) is 4.91. The van der Waals surface area contributed by atoms with Gasteiger partial charge in [-0.05, 0) is 26.8 Å². The van der Waals surface area contributed by atoms with Gasteiger partial charge in [0.2, 0.25) is 11.8 Å². The minimum atomic E-state index is -0.174.